The Kier molecular flexibility index (Phi) is 4.70. The molecule has 3 nitrogen and oxygen atoms in total. The number of nitrogens with zero attached hydrogens (tertiary/aromatic N) is 1. The number of carbonyl (C=O) groups is 1. The summed E-state index contributed by atoms with van der Waals surface area (Å²) in [6.07, 6.45) is 4.29. The van der Waals surface area contributed by atoms with Crippen molar-refractivity contribution in [2.24, 2.45) is 0 Å². The third kappa shape index (κ3) is 3.21. The van der Waals surface area contributed by atoms with E-state index in [0.29, 0.717) is 5.56 Å². The minimum absolute atomic E-state index is 0.0280. The second kappa shape index (κ2) is 6.29. The van der Waals surface area contributed by atoms with Crippen LogP contribution in [-0.4, -0.2) is 36.4 Å². The van der Waals surface area contributed by atoms with Gasteiger partial charge in [0.25, 0.3) is 5.91 Å². The van der Waals surface area contributed by atoms with Gasteiger partial charge >= 0.3 is 0 Å². The van der Waals surface area contributed by atoms with E-state index >= 15 is 0 Å². The first-order valence-corrected chi connectivity index (χ1v) is 7.12. The number of hydrogen-bond acceptors (Lipinski definition) is 2. The average Bonchev–Trinajstić information content (AvgIpc) is 2.46. The predicted octanol–water partition coefficient (Wildman–Crippen LogP) is 3.32. The van der Waals surface area contributed by atoms with Crippen molar-refractivity contribution < 1.29 is 9.53 Å². The molecule has 0 spiro atoms. The molecular formula is C15H20ClNO2. The van der Waals surface area contributed by atoms with Crippen LogP contribution in [0.5, 0.6) is 5.75 Å². The minimum atomic E-state index is 0.0280. The molecule has 0 aliphatic heterocycles. The fourth-order valence-electron chi connectivity index (χ4n) is 2.59. The van der Waals surface area contributed by atoms with Crippen LogP contribution in [0, 0.1) is 0 Å². The van der Waals surface area contributed by atoms with Crippen molar-refractivity contribution >= 4 is 17.5 Å². The Bertz CT molecular complexity index is 432. The molecule has 1 amide bonds. The lowest BCUT2D eigenvalue weighted by Crippen LogP contribution is -2.44. The van der Waals surface area contributed by atoms with Gasteiger partial charge in [0.2, 0.25) is 0 Å². The maximum Gasteiger partial charge on any atom is 0.253 e. The molecule has 1 saturated carbocycles. The van der Waals surface area contributed by atoms with Crippen LogP contribution in [0.1, 0.15) is 36.0 Å². The third-order valence-corrected chi connectivity index (χ3v) is 4.31. The van der Waals surface area contributed by atoms with E-state index in [-0.39, 0.29) is 17.3 Å². The van der Waals surface area contributed by atoms with E-state index in [9.17, 15) is 4.79 Å². The molecular weight excluding hydrogens is 262 g/mol. The van der Waals surface area contributed by atoms with E-state index in [4.69, 9.17) is 16.3 Å². The van der Waals surface area contributed by atoms with Crippen LogP contribution >= 0.6 is 11.6 Å². The monoisotopic (exact) mass is 281 g/mol. The van der Waals surface area contributed by atoms with Crippen molar-refractivity contribution in [3.63, 3.8) is 0 Å². The molecule has 0 saturated heterocycles. The van der Waals surface area contributed by atoms with Crippen LogP contribution < -0.4 is 4.74 Å². The zero-order valence-electron chi connectivity index (χ0n) is 11.4. The van der Waals surface area contributed by atoms with Gasteiger partial charge in [-0.15, -0.1) is 11.6 Å². The maximum absolute atomic E-state index is 12.4. The Hall–Kier alpha value is -1.22. The fraction of sp³-hybridized carbons (Fsp3) is 0.533. The van der Waals surface area contributed by atoms with Gasteiger partial charge in [-0.2, -0.15) is 0 Å². The number of amides is 1. The van der Waals surface area contributed by atoms with Crippen molar-refractivity contribution in [1.29, 1.82) is 0 Å². The van der Waals surface area contributed by atoms with Gasteiger partial charge < -0.3 is 9.64 Å². The summed E-state index contributed by atoms with van der Waals surface area (Å²) in [4.78, 5) is 14.2. The molecule has 4 heteroatoms. The molecule has 1 aliphatic carbocycles. The summed E-state index contributed by atoms with van der Waals surface area (Å²) >= 11 is 6.34. The number of halogens is 1. The molecule has 0 N–H and O–H groups in total. The molecule has 0 aromatic heterocycles. The maximum atomic E-state index is 12.4. The highest BCUT2D eigenvalue weighted by Crippen LogP contribution is 2.27. The first kappa shape index (κ1) is 14.2. The summed E-state index contributed by atoms with van der Waals surface area (Å²) in [6, 6.07) is 7.35. The number of rotatable bonds is 3. The molecule has 1 aliphatic rings. The van der Waals surface area contributed by atoms with Gasteiger partial charge in [0, 0.05) is 18.7 Å². The number of carbonyl (C=O) groups excluding carboxylic acids is 1. The lowest BCUT2D eigenvalue weighted by molar-refractivity contribution is 0.0700. The van der Waals surface area contributed by atoms with Gasteiger partial charge in [0.1, 0.15) is 5.75 Å². The van der Waals surface area contributed by atoms with E-state index in [2.05, 4.69) is 0 Å². The normalized spacial score (nSPS) is 22.9. The zero-order valence-corrected chi connectivity index (χ0v) is 12.2. The minimum Gasteiger partial charge on any atom is -0.497 e. The van der Waals surface area contributed by atoms with E-state index in [1.165, 1.54) is 0 Å². The molecule has 1 aromatic carbocycles. The summed E-state index contributed by atoms with van der Waals surface area (Å²) in [6.45, 7) is 0. The Labute approximate surface area is 119 Å². The van der Waals surface area contributed by atoms with Crippen molar-refractivity contribution in [2.75, 3.05) is 14.2 Å². The van der Waals surface area contributed by atoms with Crippen molar-refractivity contribution in [1.82, 2.24) is 4.90 Å². The van der Waals surface area contributed by atoms with Crippen molar-refractivity contribution in [3.05, 3.63) is 29.8 Å². The number of hydrogen-bond donors (Lipinski definition) is 0. The molecule has 1 fully saturated rings. The second-order valence-corrected chi connectivity index (χ2v) is 5.57. The summed E-state index contributed by atoms with van der Waals surface area (Å²) in [5.74, 6) is 0.785. The topological polar surface area (TPSA) is 29.5 Å². The molecule has 19 heavy (non-hydrogen) atoms. The van der Waals surface area contributed by atoms with Crippen LogP contribution in [0.3, 0.4) is 0 Å². The highest BCUT2D eigenvalue weighted by molar-refractivity contribution is 6.21. The smallest absolute Gasteiger partial charge is 0.253 e. The van der Waals surface area contributed by atoms with Gasteiger partial charge in [-0.05, 0) is 37.1 Å². The van der Waals surface area contributed by atoms with Crippen molar-refractivity contribution in [3.8, 4) is 5.75 Å². The number of methoxy groups -OCH3 is 1. The Morgan fingerprint density at radius 1 is 1.26 bits per heavy atom. The standard InChI is InChI=1S/C15H20ClNO2/c1-17(14-6-4-3-5-13(14)16)15(18)11-7-9-12(19-2)10-8-11/h7-10,13-14H,3-6H2,1-2H3. The lowest BCUT2D eigenvalue weighted by atomic mass is 9.93. The fourth-order valence-corrected chi connectivity index (χ4v) is 3.04. The average molecular weight is 282 g/mol. The molecule has 1 aromatic rings. The second-order valence-electron chi connectivity index (χ2n) is 5.01. The van der Waals surface area contributed by atoms with E-state index in [1.54, 1.807) is 36.3 Å². The van der Waals surface area contributed by atoms with Gasteiger partial charge in [0.15, 0.2) is 0 Å². The van der Waals surface area contributed by atoms with Gasteiger partial charge in [-0.1, -0.05) is 12.8 Å². The van der Waals surface area contributed by atoms with Gasteiger partial charge in [0.05, 0.1) is 12.5 Å². The van der Waals surface area contributed by atoms with Crippen LogP contribution in [-0.2, 0) is 0 Å². The summed E-state index contributed by atoms with van der Waals surface area (Å²) < 4.78 is 5.10. The van der Waals surface area contributed by atoms with Gasteiger partial charge in [-0.25, -0.2) is 0 Å². The molecule has 0 heterocycles. The van der Waals surface area contributed by atoms with E-state index < -0.39 is 0 Å². The first-order chi connectivity index (χ1) is 9.13. The van der Waals surface area contributed by atoms with E-state index in [0.717, 1.165) is 31.4 Å². The largest absolute Gasteiger partial charge is 0.497 e. The van der Waals surface area contributed by atoms with Crippen molar-refractivity contribution in [2.45, 2.75) is 37.1 Å². The Morgan fingerprint density at radius 3 is 2.47 bits per heavy atom. The molecule has 2 unspecified atom stereocenters. The van der Waals surface area contributed by atoms with E-state index in [1.807, 2.05) is 7.05 Å². The number of alkyl halides is 1. The molecule has 0 radical (unpaired) electrons. The molecule has 104 valence electrons. The Balaban J connectivity index is 2.08. The predicted molar refractivity (Wildman–Crippen MR) is 77.0 cm³/mol. The first-order valence-electron chi connectivity index (χ1n) is 6.68. The highest BCUT2D eigenvalue weighted by atomic mass is 35.5. The van der Waals surface area contributed by atoms with Crippen LogP contribution in [0.25, 0.3) is 0 Å². The molecule has 2 rings (SSSR count). The summed E-state index contributed by atoms with van der Waals surface area (Å²) in [7, 11) is 3.46. The number of ether oxygens (including phenoxy) is 1. The highest BCUT2D eigenvalue weighted by Gasteiger charge is 2.29. The third-order valence-electron chi connectivity index (χ3n) is 3.80. The number of benzene rings is 1. The van der Waals surface area contributed by atoms with Crippen LogP contribution in [0.15, 0.2) is 24.3 Å². The Morgan fingerprint density at radius 2 is 1.89 bits per heavy atom. The summed E-state index contributed by atoms with van der Waals surface area (Å²) in [5, 5.41) is 0.0703. The molecule has 0 bridgehead atoms. The zero-order chi connectivity index (χ0) is 13.8. The quantitative estimate of drug-likeness (QED) is 0.796. The SMILES string of the molecule is COc1ccc(C(=O)N(C)C2CCCCC2Cl)cc1. The van der Waals surface area contributed by atoms with Crippen LogP contribution in [0.4, 0.5) is 0 Å². The van der Waals surface area contributed by atoms with Crippen LogP contribution in [0.2, 0.25) is 0 Å². The van der Waals surface area contributed by atoms with Gasteiger partial charge in [-0.3, -0.25) is 4.79 Å². The lowest BCUT2D eigenvalue weighted by Gasteiger charge is -2.35. The molecule has 2 atom stereocenters. The summed E-state index contributed by atoms with van der Waals surface area (Å²) in [5.41, 5.74) is 0.678.